The molecule has 2 aromatic heterocycles. The van der Waals surface area contributed by atoms with Crippen LogP contribution in [0.25, 0.3) is 0 Å². The molecule has 0 aliphatic heterocycles. The van der Waals surface area contributed by atoms with Gasteiger partial charge < -0.3 is 5.73 Å². The minimum Gasteiger partial charge on any atom is -0.330 e. The number of pyridine rings is 2. The molecular formula is C19H28N4. The molecule has 2 heterocycles. The Morgan fingerprint density at radius 3 is 1.96 bits per heavy atom. The minimum absolute atomic E-state index is 0.446. The molecule has 23 heavy (non-hydrogen) atoms. The number of hydrogen-bond acceptors (Lipinski definition) is 4. The van der Waals surface area contributed by atoms with Crippen LogP contribution < -0.4 is 5.73 Å². The molecular weight excluding hydrogens is 284 g/mol. The van der Waals surface area contributed by atoms with Crippen LogP contribution in [-0.2, 0) is 13.1 Å². The van der Waals surface area contributed by atoms with E-state index in [1.165, 1.54) is 11.1 Å². The molecule has 0 spiro atoms. The summed E-state index contributed by atoms with van der Waals surface area (Å²) in [5.41, 5.74) is 10.4. The van der Waals surface area contributed by atoms with Gasteiger partial charge >= 0.3 is 0 Å². The molecule has 0 fully saturated rings. The molecule has 2 aromatic rings. The molecule has 0 saturated carbocycles. The van der Waals surface area contributed by atoms with Crippen LogP contribution in [0, 0.1) is 13.8 Å². The van der Waals surface area contributed by atoms with Crippen LogP contribution in [0.5, 0.6) is 0 Å². The largest absolute Gasteiger partial charge is 0.330 e. The Bertz CT molecular complexity index is 564. The maximum Gasteiger partial charge on any atom is 0.0573 e. The summed E-state index contributed by atoms with van der Waals surface area (Å²) in [5.74, 6) is 0. The highest BCUT2D eigenvalue weighted by molar-refractivity contribution is 5.20. The Balaban J connectivity index is 2.17. The van der Waals surface area contributed by atoms with E-state index in [1.807, 2.05) is 24.5 Å². The summed E-state index contributed by atoms with van der Waals surface area (Å²) in [7, 11) is 0. The average Bonchev–Trinajstić information content (AvgIpc) is 2.55. The zero-order chi connectivity index (χ0) is 16.7. The fourth-order valence-electron chi connectivity index (χ4n) is 2.72. The van der Waals surface area contributed by atoms with E-state index in [0.29, 0.717) is 6.04 Å². The molecule has 0 aliphatic rings. The van der Waals surface area contributed by atoms with Crippen molar-refractivity contribution < 1.29 is 0 Å². The van der Waals surface area contributed by atoms with Crippen molar-refractivity contribution in [3.63, 3.8) is 0 Å². The van der Waals surface area contributed by atoms with Crippen molar-refractivity contribution in [1.82, 2.24) is 14.9 Å². The van der Waals surface area contributed by atoms with Gasteiger partial charge in [0, 0.05) is 31.5 Å². The fourth-order valence-corrected chi connectivity index (χ4v) is 2.72. The number of nitrogens with zero attached hydrogens (tertiary/aromatic N) is 3. The summed E-state index contributed by atoms with van der Waals surface area (Å²) in [6.07, 6.45) is 5.88. The summed E-state index contributed by atoms with van der Waals surface area (Å²) in [6, 6.07) is 8.67. The number of hydrogen-bond donors (Lipinski definition) is 1. The van der Waals surface area contributed by atoms with Gasteiger partial charge in [-0.25, -0.2) is 0 Å². The first kappa shape index (κ1) is 17.6. The van der Waals surface area contributed by atoms with Crippen molar-refractivity contribution in [1.29, 1.82) is 0 Å². The van der Waals surface area contributed by atoms with Crippen molar-refractivity contribution in [2.45, 2.75) is 52.7 Å². The van der Waals surface area contributed by atoms with Crippen molar-refractivity contribution in [3.05, 3.63) is 59.2 Å². The monoisotopic (exact) mass is 312 g/mol. The minimum atomic E-state index is 0.446. The third-order valence-electron chi connectivity index (χ3n) is 4.39. The van der Waals surface area contributed by atoms with Gasteiger partial charge in [0.25, 0.3) is 0 Å². The molecule has 0 aromatic carbocycles. The van der Waals surface area contributed by atoms with Crippen molar-refractivity contribution >= 4 is 0 Å². The Morgan fingerprint density at radius 1 is 1.00 bits per heavy atom. The van der Waals surface area contributed by atoms with Gasteiger partial charge in [0.1, 0.15) is 0 Å². The number of aromatic nitrogens is 2. The molecule has 1 unspecified atom stereocenters. The van der Waals surface area contributed by atoms with E-state index in [-0.39, 0.29) is 0 Å². The third-order valence-corrected chi connectivity index (χ3v) is 4.39. The van der Waals surface area contributed by atoms with Crippen LogP contribution in [-0.4, -0.2) is 27.5 Å². The van der Waals surface area contributed by atoms with Gasteiger partial charge in [-0.1, -0.05) is 12.1 Å². The van der Waals surface area contributed by atoms with Gasteiger partial charge in [-0.05, 0) is 63.4 Å². The summed E-state index contributed by atoms with van der Waals surface area (Å²) in [6.45, 7) is 8.94. The normalized spacial score (nSPS) is 12.6. The fraction of sp³-hybridized carbons (Fsp3) is 0.474. The number of aryl methyl sites for hydroxylation is 2. The van der Waals surface area contributed by atoms with Crippen molar-refractivity contribution in [2.24, 2.45) is 5.73 Å². The van der Waals surface area contributed by atoms with E-state index < -0.39 is 0 Å². The molecule has 0 saturated heterocycles. The highest BCUT2D eigenvalue weighted by Gasteiger charge is 2.17. The van der Waals surface area contributed by atoms with Crippen LogP contribution in [0.3, 0.4) is 0 Å². The third kappa shape index (κ3) is 5.12. The Morgan fingerprint density at radius 2 is 1.52 bits per heavy atom. The van der Waals surface area contributed by atoms with Crippen LogP contribution in [0.2, 0.25) is 0 Å². The molecule has 4 heteroatoms. The first-order valence-electron chi connectivity index (χ1n) is 8.37. The highest BCUT2D eigenvalue weighted by Crippen LogP contribution is 2.17. The van der Waals surface area contributed by atoms with E-state index in [9.17, 15) is 0 Å². The van der Waals surface area contributed by atoms with E-state index in [2.05, 4.69) is 47.8 Å². The Hall–Kier alpha value is -1.78. The SMILES string of the molecule is Cc1cccnc1CN(Cc1ncccc1C)C(C)CCCN. The average molecular weight is 312 g/mol. The highest BCUT2D eigenvalue weighted by atomic mass is 15.2. The number of rotatable bonds is 8. The second-order valence-electron chi connectivity index (χ2n) is 6.22. The molecule has 0 bridgehead atoms. The molecule has 0 aliphatic carbocycles. The van der Waals surface area contributed by atoms with Gasteiger partial charge in [-0.3, -0.25) is 14.9 Å². The van der Waals surface area contributed by atoms with Crippen LogP contribution >= 0.6 is 0 Å². The smallest absolute Gasteiger partial charge is 0.0573 e. The second kappa shape index (κ2) is 8.75. The standard InChI is InChI=1S/C19H28N4/c1-15-7-5-11-21-18(15)13-23(17(3)9-4-10-20)14-19-16(2)8-6-12-22-19/h5-8,11-12,17H,4,9-10,13-14,20H2,1-3H3. The van der Waals surface area contributed by atoms with Crippen LogP contribution in [0.1, 0.15) is 42.3 Å². The van der Waals surface area contributed by atoms with Crippen LogP contribution in [0.15, 0.2) is 36.7 Å². The lowest BCUT2D eigenvalue weighted by atomic mass is 10.1. The molecule has 4 nitrogen and oxygen atoms in total. The molecule has 2 N–H and O–H groups in total. The Labute approximate surface area is 139 Å². The summed E-state index contributed by atoms with van der Waals surface area (Å²) < 4.78 is 0. The molecule has 0 amide bonds. The lowest BCUT2D eigenvalue weighted by Gasteiger charge is -2.29. The van der Waals surface area contributed by atoms with Crippen molar-refractivity contribution in [3.8, 4) is 0 Å². The van der Waals surface area contributed by atoms with Gasteiger partial charge in [0.05, 0.1) is 11.4 Å². The lowest BCUT2D eigenvalue weighted by molar-refractivity contribution is 0.175. The lowest BCUT2D eigenvalue weighted by Crippen LogP contribution is -2.33. The molecule has 0 radical (unpaired) electrons. The van der Waals surface area contributed by atoms with Gasteiger partial charge in [-0.15, -0.1) is 0 Å². The Kier molecular flexibility index (Phi) is 6.68. The maximum absolute atomic E-state index is 5.69. The topological polar surface area (TPSA) is 55.0 Å². The summed E-state index contributed by atoms with van der Waals surface area (Å²) >= 11 is 0. The molecule has 1 atom stereocenters. The quantitative estimate of drug-likeness (QED) is 0.813. The first-order valence-corrected chi connectivity index (χ1v) is 8.37. The predicted molar refractivity (Wildman–Crippen MR) is 94.9 cm³/mol. The predicted octanol–water partition coefficient (Wildman–Crippen LogP) is 3.22. The number of nitrogens with two attached hydrogens (primary N) is 1. The van der Waals surface area contributed by atoms with E-state index >= 15 is 0 Å². The van der Waals surface area contributed by atoms with E-state index in [1.54, 1.807) is 0 Å². The molecule has 2 rings (SSSR count). The molecule has 124 valence electrons. The first-order chi connectivity index (χ1) is 11.1. The zero-order valence-electron chi connectivity index (χ0n) is 14.5. The van der Waals surface area contributed by atoms with Crippen molar-refractivity contribution in [2.75, 3.05) is 6.54 Å². The zero-order valence-corrected chi connectivity index (χ0v) is 14.5. The van der Waals surface area contributed by atoms with Gasteiger partial charge in [-0.2, -0.15) is 0 Å². The maximum atomic E-state index is 5.69. The van der Waals surface area contributed by atoms with E-state index in [0.717, 1.165) is 43.9 Å². The summed E-state index contributed by atoms with van der Waals surface area (Å²) in [5, 5.41) is 0. The van der Waals surface area contributed by atoms with Crippen LogP contribution in [0.4, 0.5) is 0 Å². The summed E-state index contributed by atoms with van der Waals surface area (Å²) in [4.78, 5) is 11.6. The van der Waals surface area contributed by atoms with E-state index in [4.69, 9.17) is 5.73 Å². The second-order valence-corrected chi connectivity index (χ2v) is 6.22. The van der Waals surface area contributed by atoms with Gasteiger partial charge in [0.15, 0.2) is 0 Å². The van der Waals surface area contributed by atoms with Gasteiger partial charge in [0.2, 0.25) is 0 Å².